The standard InChI is InChI=1S/C25H37ClN6S/c1-20-18-32(25(33)30-22-13-10-11-21(26)17-22)24(29-20)28-14-9-7-5-3-4-6-8-12-23-19-31(2)16-15-27-23/h10-11,13,15-17,20H,3-9,12,14,18-19H2,1-2H3,(H,28,29)(H,30,33). The van der Waals surface area contributed by atoms with Gasteiger partial charge in [-0.15, -0.1) is 0 Å². The number of halogens is 1. The molecule has 0 spiro atoms. The summed E-state index contributed by atoms with van der Waals surface area (Å²) < 4.78 is 0. The fourth-order valence-electron chi connectivity index (χ4n) is 4.06. The number of hydrogen-bond acceptors (Lipinski definition) is 4. The van der Waals surface area contributed by atoms with Gasteiger partial charge in [0.2, 0.25) is 5.96 Å². The molecule has 0 aromatic heterocycles. The third-order valence-corrected chi connectivity index (χ3v) is 6.36. The maximum Gasteiger partial charge on any atom is 0.200 e. The van der Waals surface area contributed by atoms with Crippen LogP contribution >= 0.6 is 23.8 Å². The van der Waals surface area contributed by atoms with Gasteiger partial charge in [0, 0.05) is 55.0 Å². The van der Waals surface area contributed by atoms with Crippen LogP contribution in [0.5, 0.6) is 0 Å². The van der Waals surface area contributed by atoms with Crippen LogP contribution < -0.4 is 10.6 Å². The van der Waals surface area contributed by atoms with Crippen molar-refractivity contribution >= 4 is 46.3 Å². The first-order valence-electron chi connectivity index (χ1n) is 12.1. The molecular weight excluding hydrogens is 452 g/mol. The average molecular weight is 489 g/mol. The normalized spacial score (nSPS) is 19.1. The summed E-state index contributed by atoms with van der Waals surface area (Å²) in [4.78, 5) is 13.5. The largest absolute Gasteiger partial charge is 0.374 e. The average Bonchev–Trinajstić information content (AvgIpc) is 3.15. The van der Waals surface area contributed by atoms with Gasteiger partial charge in [0.05, 0.1) is 6.54 Å². The molecule has 0 amide bonds. The van der Waals surface area contributed by atoms with Crippen LogP contribution in [0.3, 0.4) is 0 Å². The predicted molar refractivity (Wildman–Crippen MR) is 145 cm³/mol. The van der Waals surface area contributed by atoms with Crippen molar-refractivity contribution in [2.24, 2.45) is 9.98 Å². The van der Waals surface area contributed by atoms with E-state index in [1.54, 1.807) is 0 Å². The van der Waals surface area contributed by atoms with E-state index in [2.05, 4.69) is 34.5 Å². The quantitative estimate of drug-likeness (QED) is 0.310. The first-order chi connectivity index (χ1) is 16.0. The van der Waals surface area contributed by atoms with Gasteiger partial charge < -0.3 is 15.5 Å². The number of hydrogen-bond donors (Lipinski definition) is 2. The van der Waals surface area contributed by atoms with Crippen LogP contribution in [0, 0.1) is 0 Å². The molecule has 0 radical (unpaired) electrons. The van der Waals surface area contributed by atoms with E-state index >= 15 is 0 Å². The Morgan fingerprint density at radius 3 is 2.73 bits per heavy atom. The highest BCUT2D eigenvalue weighted by atomic mass is 35.5. The van der Waals surface area contributed by atoms with E-state index in [4.69, 9.17) is 28.8 Å². The van der Waals surface area contributed by atoms with E-state index in [0.717, 1.165) is 44.1 Å². The molecule has 2 N–H and O–H groups in total. The van der Waals surface area contributed by atoms with Gasteiger partial charge in [0.25, 0.3) is 0 Å². The minimum Gasteiger partial charge on any atom is -0.374 e. The molecule has 3 rings (SSSR count). The molecule has 1 aromatic carbocycles. The summed E-state index contributed by atoms with van der Waals surface area (Å²) in [5.74, 6) is 0.869. The number of nitrogens with zero attached hydrogens (tertiary/aromatic N) is 4. The van der Waals surface area contributed by atoms with E-state index in [-0.39, 0.29) is 0 Å². The second-order valence-corrected chi connectivity index (χ2v) is 9.76. The van der Waals surface area contributed by atoms with Gasteiger partial charge in [-0.3, -0.25) is 14.9 Å². The van der Waals surface area contributed by atoms with Crippen LogP contribution in [0.4, 0.5) is 5.69 Å². The Bertz CT molecular complexity index is 868. The van der Waals surface area contributed by atoms with Gasteiger partial charge in [-0.05, 0) is 56.6 Å². The van der Waals surface area contributed by atoms with Crippen molar-refractivity contribution in [2.45, 2.75) is 64.3 Å². The molecule has 2 aliphatic heterocycles. The summed E-state index contributed by atoms with van der Waals surface area (Å²) in [6, 6.07) is 7.92. The topological polar surface area (TPSA) is 55.3 Å². The summed E-state index contributed by atoms with van der Waals surface area (Å²) in [6.07, 6.45) is 13.8. The zero-order valence-corrected chi connectivity index (χ0v) is 21.5. The Balaban J connectivity index is 1.28. The van der Waals surface area contributed by atoms with Gasteiger partial charge in [0.15, 0.2) is 5.11 Å². The summed E-state index contributed by atoms with van der Waals surface area (Å²) in [5, 5.41) is 8.05. The minimum atomic E-state index is 0.318. The van der Waals surface area contributed by atoms with Gasteiger partial charge >= 0.3 is 0 Å². The number of guanidine groups is 1. The second kappa shape index (κ2) is 13.6. The Hall–Kier alpha value is -2.12. The number of benzene rings is 1. The van der Waals surface area contributed by atoms with Crippen molar-refractivity contribution in [3.63, 3.8) is 0 Å². The SMILES string of the molecule is CC1CN(C(=S)Nc2cccc(Cl)c2)C(=NCCCCCCCCCC2=NC=CN(C)C2)N1. The number of unbranched alkanes of at least 4 members (excludes halogenated alkanes) is 6. The molecule has 2 aliphatic rings. The highest BCUT2D eigenvalue weighted by Crippen LogP contribution is 2.17. The number of rotatable bonds is 11. The molecule has 8 heteroatoms. The smallest absolute Gasteiger partial charge is 0.200 e. The van der Waals surface area contributed by atoms with Crippen molar-refractivity contribution in [2.75, 3.05) is 32.0 Å². The number of anilines is 1. The lowest BCUT2D eigenvalue weighted by Crippen LogP contribution is -2.38. The van der Waals surface area contributed by atoms with E-state index < -0.39 is 0 Å². The van der Waals surface area contributed by atoms with Crippen LogP contribution in [0.1, 0.15) is 58.3 Å². The van der Waals surface area contributed by atoms with Crippen molar-refractivity contribution in [1.29, 1.82) is 0 Å². The first kappa shape index (κ1) is 25.5. The second-order valence-electron chi connectivity index (χ2n) is 8.94. The molecule has 6 nitrogen and oxygen atoms in total. The van der Waals surface area contributed by atoms with Crippen LogP contribution in [0.15, 0.2) is 46.7 Å². The van der Waals surface area contributed by atoms with E-state index in [9.17, 15) is 0 Å². The molecule has 0 aliphatic carbocycles. The Labute approximate surface area is 209 Å². The Morgan fingerprint density at radius 2 is 1.97 bits per heavy atom. The van der Waals surface area contributed by atoms with Crippen LogP contribution in [0.2, 0.25) is 5.02 Å². The van der Waals surface area contributed by atoms with Crippen molar-refractivity contribution in [3.8, 4) is 0 Å². The number of aliphatic imine (C=N–C) groups is 2. The van der Waals surface area contributed by atoms with Crippen molar-refractivity contribution in [3.05, 3.63) is 41.7 Å². The minimum absolute atomic E-state index is 0.318. The lowest BCUT2D eigenvalue weighted by molar-refractivity contribution is 0.509. The summed E-state index contributed by atoms with van der Waals surface area (Å²) in [5.41, 5.74) is 2.20. The fraction of sp³-hybridized carbons (Fsp3) is 0.560. The lowest BCUT2D eigenvalue weighted by atomic mass is 10.1. The molecule has 1 saturated heterocycles. The van der Waals surface area contributed by atoms with Gasteiger partial charge in [0.1, 0.15) is 0 Å². The molecule has 33 heavy (non-hydrogen) atoms. The van der Waals surface area contributed by atoms with Gasteiger partial charge in [-0.1, -0.05) is 49.8 Å². The molecule has 1 unspecified atom stereocenters. The maximum atomic E-state index is 6.08. The molecule has 1 aromatic rings. The number of nitrogens with one attached hydrogen (secondary N) is 2. The highest BCUT2D eigenvalue weighted by Gasteiger charge is 2.26. The van der Waals surface area contributed by atoms with Crippen LogP contribution in [-0.2, 0) is 0 Å². The lowest BCUT2D eigenvalue weighted by Gasteiger charge is -2.20. The van der Waals surface area contributed by atoms with Gasteiger partial charge in [-0.25, -0.2) is 0 Å². The highest BCUT2D eigenvalue weighted by molar-refractivity contribution is 7.80. The molecule has 180 valence electrons. The van der Waals surface area contributed by atoms with E-state index in [1.165, 1.54) is 44.2 Å². The van der Waals surface area contributed by atoms with Crippen LogP contribution in [0.25, 0.3) is 0 Å². The molecule has 1 atom stereocenters. The van der Waals surface area contributed by atoms with Crippen molar-refractivity contribution < 1.29 is 0 Å². The third kappa shape index (κ3) is 8.97. The zero-order valence-electron chi connectivity index (χ0n) is 19.9. The summed E-state index contributed by atoms with van der Waals surface area (Å²) in [7, 11) is 2.10. The van der Waals surface area contributed by atoms with Gasteiger partial charge in [-0.2, -0.15) is 0 Å². The molecule has 2 heterocycles. The molecule has 0 bridgehead atoms. The fourth-order valence-corrected chi connectivity index (χ4v) is 4.53. The third-order valence-electron chi connectivity index (χ3n) is 5.80. The van der Waals surface area contributed by atoms with E-state index in [0.29, 0.717) is 16.2 Å². The number of thiocarbonyl (C=S) groups is 1. The maximum absolute atomic E-state index is 6.08. The summed E-state index contributed by atoms with van der Waals surface area (Å²) >= 11 is 11.7. The first-order valence-corrected chi connectivity index (χ1v) is 12.9. The Kier molecular flexibility index (Phi) is 10.5. The Morgan fingerprint density at radius 1 is 1.21 bits per heavy atom. The molecule has 1 fully saturated rings. The van der Waals surface area contributed by atoms with Crippen molar-refractivity contribution in [1.82, 2.24) is 15.1 Å². The summed E-state index contributed by atoms with van der Waals surface area (Å²) in [6.45, 7) is 4.76. The predicted octanol–water partition coefficient (Wildman–Crippen LogP) is 5.66. The van der Waals surface area contributed by atoms with E-state index in [1.807, 2.05) is 41.6 Å². The molecular formula is C25H37ClN6S. The zero-order chi connectivity index (χ0) is 23.5. The monoisotopic (exact) mass is 488 g/mol. The molecule has 0 saturated carbocycles. The van der Waals surface area contributed by atoms with Crippen LogP contribution in [-0.4, -0.2) is 59.3 Å².